The number of aliphatic carboxylic acids is 1. The molecule has 1 aliphatic heterocycles. The van der Waals surface area contributed by atoms with Crippen LogP contribution < -0.4 is 4.74 Å². The Hall–Kier alpha value is -2.04. The van der Waals surface area contributed by atoms with Gasteiger partial charge in [0.15, 0.2) is 0 Å². The van der Waals surface area contributed by atoms with Gasteiger partial charge in [0, 0.05) is 6.04 Å². The van der Waals surface area contributed by atoms with Gasteiger partial charge in [-0.05, 0) is 31.4 Å². The largest absolute Gasteiger partial charge is 0.492 e. The van der Waals surface area contributed by atoms with Crippen molar-refractivity contribution in [1.82, 2.24) is 4.90 Å². The lowest BCUT2D eigenvalue weighted by molar-refractivity contribution is -0.148. The van der Waals surface area contributed by atoms with Crippen LogP contribution in [0.2, 0.25) is 0 Å². The summed E-state index contributed by atoms with van der Waals surface area (Å²) < 4.78 is 5.63. The Morgan fingerprint density at radius 3 is 2.81 bits per heavy atom. The van der Waals surface area contributed by atoms with E-state index < -0.39 is 5.97 Å². The molecule has 5 nitrogen and oxygen atoms in total. The van der Waals surface area contributed by atoms with Gasteiger partial charge in [-0.15, -0.1) is 0 Å². The van der Waals surface area contributed by atoms with Crippen LogP contribution in [0, 0.1) is 5.92 Å². The van der Waals surface area contributed by atoms with Crippen molar-refractivity contribution in [2.75, 3.05) is 13.2 Å². The van der Waals surface area contributed by atoms with E-state index in [1.165, 1.54) is 4.90 Å². The number of benzene rings is 1. The van der Waals surface area contributed by atoms with E-state index in [-0.39, 0.29) is 24.4 Å². The fraction of sp³-hybridized carbons (Fsp3) is 0.500. The van der Waals surface area contributed by atoms with Crippen LogP contribution in [0.4, 0.5) is 0 Å². The van der Waals surface area contributed by atoms with Crippen molar-refractivity contribution < 1.29 is 19.4 Å². The molecule has 2 atom stereocenters. The lowest BCUT2D eigenvalue weighted by Gasteiger charge is -2.32. The van der Waals surface area contributed by atoms with Crippen molar-refractivity contribution in [1.29, 1.82) is 0 Å². The minimum absolute atomic E-state index is 0.0919. The maximum Gasteiger partial charge on any atom is 0.323 e. The van der Waals surface area contributed by atoms with Gasteiger partial charge < -0.3 is 14.7 Å². The Labute approximate surface area is 124 Å². The van der Waals surface area contributed by atoms with Crippen LogP contribution in [0.15, 0.2) is 24.3 Å². The van der Waals surface area contributed by atoms with Crippen LogP contribution >= 0.6 is 0 Å². The molecular weight excluding hydrogens is 270 g/mol. The number of carbonyl (C=O) groups is 2. The van der Waals surface area contributed by atoms with Gasteiger partial charge in [0.1, 0.15) is 18.9 Å². The van der Waals surface area contributed by atoms with Gasteiger partial charge in [-0.3, -0.25) is 9.59 Å². The van der Waals surface area contributed by atoms with E-state index in [0.717, 1.165) is 17.7 Å². The first-order valence-corrected chi connectivity index (χ1v) is 7.26. The van der Waals surface area contributed by atoms with Crippen molar-refractivity contribution >= 4 is 11.9 Å². The van der Waals surface area contributed by atoms with Gasteiger partial charge in [0.05, 0.1) is 5.92 Å². The van der Waals surface area contributed by atoms with Gasteiger partial charge in [0.25, 0.3) is 0 Å². The zero-order valence-corrected chi connectivity index (χ0v) is 12.4. The average Bonchev–Trinajstić information content (AvgIpc) is 2.50. The van der Waals surface area contributed by atoms with E-state index >= 15 is 0 Å². The number of carbonyl (C=O) groups excluding carboxylic acids is 1. The minimum atomic E-state index is -0.985. The lowest BCUT2D eigenvalue weighted by atomic mass is 9.95. The normalized spacial score (nSPS) is 18.3. The van der Waals surface area contributed by atoms with Crippen LogP contribution in [0.5, 0.6) is 5.75 Å². The quantitative estimate of drug-likeness (QED) is 0.900. The van der Waals surface area contributed by atoms with Crippen LogP contribution in [0.1, 0.15) is 25.8 Å². The van der Waals surface area contributed by atoms with E-state index in [1.807, 2.05) is 38.1 Å². The smallest absolute Gasteiger partial charge is 0.323 e. The molecule has 0 spiro atoms. The molecule has 0 fully saturated rings. The first kappa shape index (κ1) is 15.4. The second-order valence-electron chi connectivity index (χ2n) is 5.44. The molecule has 0 saturated carbocycles. The molecule has 1 aromatic carbocycles. The van der Waals surface area contributed by atoms with Gasteiger partial charge >= 0.3 is 5.97 Å². The van der Waals surface area contributed by atoms with E-state index in [0.29, 0.717) is 13.0 Å². The van der Waals surface area contributed by atoms with Crippen LogP contribution in [-0.2, 0) is 16.0 Å². The fourth-order valence-electron chi connectivity index (χ4n) is 2.54. The summed E-state index contributed by atoms with van der Waals surface area (Å²) in [6.45, 7) is 3.87. The highest BCUT2D eigenvalue weighted by Gasteiger charge is 2.32. The third-order valence-electron chi connectivity index (χ3n) is 3.94. The van der Waals surface area contributed by atoms with Crippen molar-refractivity contribution in [2.45, 2.75) is 32.7 Å². The number of fused-ring (bicyclic) bond motifs is 1. The van der Waals surface area contributed by atoms with E-state index in [9.17, 15) is 9.59 Å². The Morgan fingerprint density at radius 2 is 2.14 bits per heavy atom. The van der Waals surface area contributed by atoms with E-state index in [2.05, 4.69) is 0 Å². The molecule has 1 aromatic rings. The zero-order chi connectivity index (χ0) is 15.4. The highest BCUT2D eigenvalue weighted by molar-refractivity contribution is 5.84. The molecule has 0 radical (unpaired) electrons. The molecule has 0 bridgehead atoms. The summed E-state index contributed by atoms with van der Waals surface area (Å²) in [5, 5.41) is 9.01. The topological polar surface area (TPSA) is 66.8 Å². The van der Waals surface area contributed by atoms with E-state index in [4.69, 9.17) is 9.84 Å². The van der Waals surface area contributed by atoms with Crippen molar-refractivity contribution in [3.63, 3.8) is 0 Å². The third-order valence-corrected chi connectivity index (χ3v) is 3.94. The number of nitrogens with zero attached hydrogens (tertiary/aromatic N) is 1. The third kappa shape index (κ3) is 3.54. The van der Waals surface area contributed by atoms with Gasteiger partial charge in [0.2, 0.25) is 5.91 Å². The molecule has 2 rings (SSSR count). The number of carboxylic acid groups (broad SMARTS) is 1. The first-order chi connectivity index (χ1) is 10.0. The van der Waals surface area contributed by atoms with Crippen LogP contribution in [0.3, 0.4) is 0 Å². The number of hydrogen-bond acceptors (Lipinski definition) is 3. The van der Waals surface area contributed by atoms with Crippen molar-refractivity contribution in [3.8, 4) is 5.75 Å². The number of amides is 1. The monoisotopic (exact) mass is 291 g/mol. The summed E-state index contributed by atoms with van der Waals surface area (Å²) in [5.74, 6) is -0.620. The molecule has 1 heterocycles. The SMILES string of the molecule is CCC(C)N(CC(=O)O)C(=O)C1COc2ccccc2C1. The number of carboxylic acids is 1. The molecule has 1 amide bonds. The molecule has 0 aromatic heterocycles. The van der Waals surface area contributed by atoms with Crippen LogP contribution in [-0.4, -0.2) is 41.1 Å². The van der Waals surface area contributed by atoms with Gasteiger partial charge in [-0.25, -0.2) is 0 Å². The molecule has 21 heavy (non-hydrogen) atoms. The second-order valence-corrected chi connectivity index (χ2v) is 5.44. The summed E-state index contributed by atoms with van der Waals surface area (Å²) >= 11 is 0. The standard InChI is InChI=1S/C16H21NO4/c1-3-11(2)17(9-15(18)19)16(20)13-8-12-6-4-5-7-14(12)21-10-13/h4-7,11,13H,3,8-10H2,1-2H3,(H,18,19). The summed E-state index contributed by atoms with van der Waals surface area (Å²) in [6.07, 6.45) is 1.32. The van der Waals surface area contributed by atoms with Gasteiger partial charge in [-0.2, -0.15) is 0 Å². The number of rotatable bonds is 5. The van der Waals surface area contributed by atoms with E-state index in [1.54, 1.807) is 0 Å². The van der Waals surface area contributed by atoms with Crippen molar-refractivity contribution in [3.05, 3.63) is 29.8 Å². The molecular formula is C16H21NO4. The second kappa shape index (κ2) is 6.61. The van der Waals surface area contributed by atoms with Crippen LogP contribution in [0.25, 0.3) is 0 Å². The summed E-state index contributed by atoms with van der Waals surface area (Å²) in [4.78, 5) is 25.1. The number of para-hydroxylation sites is 1. The highest BCUT2D eigenvalue weighted by atomic mass is 16.5. The molecule has 2 unspecified atom stereocenters. The Bertz CT molecular complexity index is 529. The predicted octanol–water partition coefficient (Wildman–Crippen LogP) is 1.95. The van der Waals surface area contributed by atoms with Gasteiger partial charge in [-0.1, -0.05) is 25.1 Å². The lowest BCUT2D eigenvalue weighted by Crippen LogP contribution is -2.47. The summed E-state index contributed by atoms with van der Waals surface area (Å²) in [6, 6.07) is 7.56. The summed E-state index contributed by atoms with van der Waals surface area (Å²) in [7, 11) is 0. The highest BCUT2D eigenvalue weighted by Crippen LogP contribution is 2.28. The fourth-order valence-corrected chi connectivity index (χ4v) is 2.54. The first-order valence-electron chi connectivity index (χ1n) is 7.26. The molecule has 1 N–H and O–H groups in total. The molecule has 5 heteroatoms. The number of hydrogen-bond donors (Lipinski definition) is 1. The minimum Gasteiger partial charge on any atom is -0.492 e. The predicted molar refractivity (Wildman–Crippen MR) is 78.2 cm³/mol. The van der Waals surface area contributed by atoms with Crippen molar-refractivity contribution in [2.24, 2.45) is 5.92 Å². The Balaban J connectivity index is 2.13. The number of ether oxygens (including phenoxy) is 1. The molecule has 0 aliphatic carbocycles. The average molecular weight is 291 g/mol. The Morgan fingerprint density at radius 1 is 1.43 bits per heavy atom. The molecule has 1 aliphatic rings. The summed E-state index contributed by atoms with van der Waals surface area (Å²) in [5.41, 5.74) is 1.00. The molecule has 114 valence electrons. The zero-order valence-electron chi connectivity index (χ0n) is 12.4. The molecule has 0 saturated heterocycles. The maximum atomic E-state index is 12.6. The maximum absolute atomic E-state index is 12.6. The Kier molecular flexibility index (Phi) is 4.83.